The van der Waals surface area contributed by atoms with Gasteiger partial charge < -0.3 is 20.8 Å². The predicted octanol–water partition coefficient (Wildman–Crippen LogP) is 0.732. The smallest absolute Gasteiger partial charge is 0.408 e. The molecule has 2 aromatic rings. The van der Waals surface area contributed by atoms with E-state index < -0.39 is 18.0 Å². The highest BCUT2D eigenvalue weighted by Crippen LogP contribution is 2.02. The summed E-state index contributed by atoms with van der Waals surface area (Å²) in [6, 6.07) is 8.37. The first-order valence-electron chi connectivity index (χ1n) is 6.39. The summed E-state index contributed by atoms with van der Waals surface area (Å²) in [6.07, 6.45) is 2.63. The molecule has 0 fully saturated rings. The number of H-pyrrole nitrogens is 1. The lowest BCUT2D eigenvalue weighted by atomic mass is 10.1. The van der Waals surface area contributed by atoms with Crippen molar-refractivity contribution in [3.8, 4) is 0 Å². The van der Waals surface area contributed by atoms with Gasteiger partial charge in [0.25, 0.3) is 0 Å². The van der Waals surface area contributed by atoms with Crippen LogP contribution in [0.5, 0.6) is 0 Å². The van der Waals surface area contributed by atoms with Crippen molar-refractivity contribution in [1.82, 2.24) is 15.3 Å². The molecule has 0 aliphatic carbocycles. The van der Waals surface area contributed by atoms with Crippen LogP contribution < -0.4 is 11.1 Å². The summed E-state index contributed by atoms with van der Waals surface area (Å²) in [5.74, 6) is -0.644. The molecule has 1 unspecified atom stereocenters. The first-order valence-corrected chi connectivity index (χ1v) is 6.39. The summed E-state index contributed by atoms with van der Waals surface area (Å²) in [7, 11) is 0. The summed E-state index contributed by atoms with van der Waals surface area (Å²) >= 11 is 0. The number of hydrogen-bond acceptors (Lipinski definition) is 4. The van der Waals surface area contributed by atoms with Crippen LogP contribution in [0.4, 0.5) is 4.79 Å². The largest absolute Gasteiger partial charge is 0.445 e. The maximum atomic E-state index is 11.7. The maximum Gasteiger partial charge on any atom is 0.408 e. The highest BCUT2D eigenvalue weighted by atomic mass is 16.5. The fourth-order valence-corrected chi connectivity index (χ4v) is 1.74. The molecule has 21 heavy (non-hydrogen) atoms. The molecule has 110 valence electrons. The number of rotatable bonds is 6. The van der Waals surface area contributed by atoms with Crippen molar-refractivity contribution < 1.29 is 14.3 Å². The molecule has 0 radical (unpaired) electrons. The summed E-state index contributed by atoms with van der Waals surface area (Å²) in [5, 5.41) is 2.44. The third-order valence-corrected chi connectivity index (χ3v) is 2.82. The van der Waals surface area contributed by atoms with E-state index in [1.54, 1.807) is 6.20 Å². The Morgan fingerprint density at radius 2 is 2.10 bits per heavy atom. The first kappa shape index (κ1) is 14.6. The third kappa shape index (κ3) is 4.64. The number of hydrogen-bond donors (Lipinski definition) is 3. The first-order chi connectivity index (χ1) is 10.1. The highest BCUT2D eigenvalue weighted by molar-refractivity contribution is 5.84. The Hall–Kier alpha value is -2.83. The van der Waals surface area contributed by atoms with E-state index in [4.69, 9.17) is 10.5 Å². The SMILES string of the molecule is NC(=O)C(Cc1c[nH]cn1)NC(=O)OCc1ccccc1. The van der Waals surface area contributed by atoms with Gasteiger partial charge in [0.1, 0.15) is 12.6 Å². The predicted molar refractivity (Wildman–Crippen MR) is 75.0 cm³/mol. The number of alkyl carbamates (subject to hydrolysis) is 1. The summed E-state index contributed by atoms with van der Waals surface area (Å²) in [5.41, 5.74) is 6.75. The fraction of sp³-hybridized carbons (Fsp3) is 0.214. The molecule has 0 saturated carbocycles. The fourth-order valence-electron chi connectivity index (χ4n) is 1.74. The standard InChI is InChI=1S/C14H16N4O3/c15-13(19)12(6-11-7-16-9-17-11)18-14(20)21-8-10-4-2-1-3-5-10/h1-5,7,9,12H,6,8H2,(H2,15,19)(H,16,17)(H,18,20). The quantitative estimate of drug-likeness (QED) is 0.727. The Labute approximate surface area is 121 Å². The third-order valence-electron chi connectivity index (χ3n) is 2.82. The highest BCUT2D eigenvalue weighted by Gasteiger charge is 2.20. The van der Waals surface area contributed by atoms with Gasteiger partial charge in [-0.1, -0.05) is 30.3 Å². The maximum absolute atomic E-state index is 11.7. The van der Waals surface area contributed by atoms with E-state index in [9.17, 15) is 9.59 Å². The molecule has 0 aliphatic rings. The van der Waals surface area contributed by atoms with Crippen LogP contribution in [0, 0.1) is 0 Å². The summed E-state index contributed by atoms with van der Waals surface area (Å²) in [4.78, 5) is 29.8. The van der Waals surface area contributed by atoms with Gasteiger partial charge in [-0.05, 0) is 5.56 Å². The lowest BCUT2D eigenvalue weighted by Gasteiger charge is -2.14. The zero-order valence-corrected chi connectivity index (χ0v) is 11.3. The molecule has 2 amide bonds. The molecule has 7 heteroatoms. The number of ether oxygens (including phenoxy) is 1. The van der Waals surface area contributed by atoms with E-state index >= 15 is 0 Å². The second-order valence-corrected chi connectivity index (χ2v) is 4.43. The average molecular weight is 288 g/mol. The Balaban J connectivity index is 1.85. The van der Waals surface area contributed by atoms with Crippen molar-refractivity contribution in [2.75, 3.05) is 0 Å². The number of benzene rings is 1. The minimum Gasteiger partial charge on any atom is -0.445 e. The van der Waals surface area contributed by atoms with E-state index in [1.165, 1.54) is 6.33 Å². The minimum atomic E-state index is -0.864. The second-order valence-electron chi connectivity index (χ2n) is 4.43. The van der Waals surface area contributed by atoms with Gasteiger partial charge >= 0.3 is 6.09 Å². The molecular weight excluding hydrogens is 272 g/mol. The summed E-state index contributed by atoms with van der Waals surface area (Å²) < 4.78 is 5.04. The molecule has 1 aromatic heterocycles. The number of nitrogens with one attached hydrogen (secondary N) is 2. The van der Waals surface area contributed by atoms with Crippen molar-refractivity contribution in [1.29, 1.82) is 0 Å². The van der Waals surface area contributed by atoms with Crippen LogP contribution in [0.2, 0.25) is 0 Å². The van der Waals surface area contributed by atoms with Crippen LogP contribution in [0.1, 0.15) is 11.3 Å². The van der Waals surface area contributed by atoms with E-state index in [2.05, 4.69) is 15.3 Å². The van der Waals surface area contributed by atoms with Gasteiger partial charge in [0, 0.05) is 12.6 Å². The Morgan fingerprint density at radius 3 is 2.71 bits per heavy atom. The van der Waals surface area contributed by atoms with Crippen LogP contribution in [0.25, 0.3) is 0 Å². The molecule has 0 spiro atoms. The second kappa shape index (κ2) is 7.09. The number of carbonyl (C=O) groups excluding carboxylic acids is 2. The molecule has 1 atom stereocenters. The molecule has 0 bridgehead atoms. The van der Waals surface area contributed by atoms with Gasteiger partial charge in [-0.25, -0.2) is 9.78 Å². The molecule has 7 nitrogen and oxygen atoms in total. The number of nitrogens with two attached hydrogens (primary N) is 1. The number of imidazole rings is 1. The van der Waals surface area contributed by atoms with Gasteiger partial charge in [-0.15, -0.1) is 0 Å². The zero-order valence-electron chi connectivity index (χ0n) is 11.3. The number of carbonyl (C=O) groups is 2. The lowest BCUT2D eigenvalue weighted by molar-refractivity contribution is -0.119. The molecule has 4 N–H and O–H groups in total. The van der Waals surface area contributed by atoms with Gasteiger partial charge in [-0.2, -0.15) is 0 Å². The molecular formula is C14H16N4O3. The van der Waals surface area contributed by atoms with Gasteiger partial charge in [0.2, 0.25) is 5.91 Å². The van der Waals surface area contributed by atoms with E-state index in [-0.39, 0.29) is 13.0 Å². The van der Waals surface area contributed by atoms with Gasteiger partial charge in [-0.3, -0.25) is 4.79 Å². The minimum absolute atomic E-state index is 0.126. The number of amides is 2. The van der Waals surface area contributed by atoms with Crippen molar-refractivity contribution in [2.45, 2.75) is 19.1 Å². The Kier molecular flexibility index (Phi) is 4.92. The number of primary amides is 1. The topological polar surface area (TPSA) is 110 Å². The normalized spacial score (nSPS) is 11.6. The molecule has 0 aliphatic heterocycles. The Bertz CT molecular complexity index is 584. The van der Waals surface area contributed by atoms with Crippen LogP contribution in [-0.2, 0) is 22.6 Å². The zero-order chi connectivity index (χ0) is 15.1. The molecule has 0 saturated heterocycles. The van der Waals surface area contributed by atoms with Crippen molar-refractivity contribution in [3.05, 3.63) is 54.1 Å². The number of nitrogens with zero attached hydrogens (tertiary/aromatic N) is 1. The van der Waals surface area contributed by atoms with E-state index in [1.807, 2.05) is 30.3 Å². The monoisotopic (exact) mass is 288 g/mol. The van der Waals surface area contributed by atoms with Crippen LogP contribution in [0.15, 0.2) is 42.9 Å². The number of aromatic nitrogens is 2. The van der Waals surface area contributed by atoms with Crippen LogP contribution in [0.3, 0.4) is 0 Å². The molecule has 2 rings (SSSR count). The van der Waals surface area contributed by atoms with E-state index in [0.29, 0.717) is 5.69 Å². The van der Waals surface area contributed by atoms with Crippen molar-refractivity contribution in [2.24, 2.45) is 5.73 Å². The van der Waals surface area contributed by atoms with E-state index in [0.717, 1.165) is 5.56 Å². The van der Waals surface area contributed by atoms with Crippen LogP contribution >= 0.6 is 0 Å². The lowest BCUT2D eigenvalue weighted by Crippen LogP contribution is -2.46. The van der Waals surface area contributed by atoms with Gasteiger partial charge in [0.05, 0.1) is 12.0 Å². The summed E-state index contributed by atoms with van der Waals surface area (Å²) in [6.45, 7) is 0.126. The molecule has 1 heterocycles. The molecule has 1 aromatic carbocycles. The Morgan fingerprint density at radius 1 is 1.33 bits per heavy atom. The van der Waals surface area contributed by atoms with Crippen molar-refractivity contribution in [3.63, 3.8) is 0 Å². The number of aromatic amines is 1. The average Bonchev–Trinajstić information content (AvgIpc) is 2.98. The van der Waals surface area contributed by atoms with Crippen LogP contribution in [-0.4, -0.2) is 28.0 Å². The van der Waals surface area contributed by atoms with Crippen molar-refractivity contribution >= 4 is 12.0 Å². The van der Waals surface area contributed by atoms with Gasteiger partial charge in [0.15, 0.2) is 0 Å².